The van der Waals surface area contributed by atoms with Gasteiger partial charge in [-0.05, 0) is 62.4 Å². The zero-order valence-corrected chi connectivity index (χ0v) is 19.3. The van der Waals surface area contributed by atoms with Crippen LogP contribution in [0.25, 0.3) is 15.9 Å². The maximum Gasteiger partial charge on any atom is 0.453 e. The molecule has 0 saturated heterocycles. The number of nitrogens with one attached hydrogen (secondary N) is 1. The van der Waals surface area contributed by atoms with Gasteiger partial charge >= 0.3 is 12.1 Å². The number of carbonyl (C=O) groups is 2. The van der Waals surface area contributed by atoms with Crippen molar-refractivity contribution in [3.05, 3.63) is 51.9 Å². The fourth-order valence-electron chi connectivity index (χ4n) is 3.58. The summed E-state index contributed by atoms with van der Waals surface area (Å²) in [5.41, 5.74) is 2.14. The number of benzene rings is 1. The molecule has 3 heterocycles. The molecule has 0 aliphatic rings. The zero-order valence-electron chi connectivity index (χ0n) is 18.5. The third-order valence-corrected chi connectivity index (χ3v) is 6.28. The number of ether oxygens (including phenoxy) is 1. The summed E-state index contributed by atoms with van der Waals surface area (Å²) in [7, 11) is 0. The first kappa shape index (κ1) is 23.6. The minimum absolute atomic E-state index is 0.0887. The lowest BCUT2D eigenvalue weighted by molar-refractivity contribution is -0.144. The molecule has 1 amide bonds. The van der Waals surface area contributed by atoms with Crippen LogP contribution in [0.3, 0.4) is 0 Å². The van der Waals surface area contributed by atoms with Gasteiger partial charge in [-0.1, -0.05) is 0 Å². The monoisotopic (exact) mass is 491 g/mol. The number of esters is 1. The molecular formula is C22H20F3N5O3S. The molecule has 4 rings (SSSR count). The van der Waals surface area contributed by atoms with E-state index in [-0.39, 0.29) is 37.1 Å². The second-order valence-electron chi connectivity index (χ2n) is 7.54. The third-order valence-electron chi connectivity index (χ3n) is 5.18. The number of fused-ring (bicyclic) bond motifs is 2. The average Bonchev–Trinajstić information content (AvgIpc) is 3.38. The van der Waals surface area contributed by atoms with Crippen molar-refractivity contribution in [1.82, 2.24) is 19.6 Å². The molecule has 0 bridgehead atoms. The second-order valence-corrected chi connectivity index (χ2v) is 8.62. The van der Waals surface area contributed by atoms with Crippen molar-refractivity contribution in [1.29, 1.82) is 0 Å². The number of alkyl halides is 3. The number of aryl methyl sites for hydroxylation is 2. The highest BCUT2D eigenvalue weighted by Crippen LogP contribution is 2.29. The molecule has 4 aromatic rings. The summed E-state index contributed by atoms with van der Waals surface area (Å²) < 4.78 is 45.8. The van der Waals surface area contributed by atoms with Gasteiger partial charge in [-0.3, -0.25) is 4.79 Å². The molecule has 0 spiro atoms. The molecule has 1 N–H and O–H groups in total. The van der Waals surface area contributed by atoms with Gasteiger partial charge in [-0.15, -0.1) is 16.4 Å². The van der Waals surface area contributed by atoms with Crippen LogP contribution < -0.4 is 5.32 Å². The summed E-state index contributed by atoms with van der Waals surface area (Å²) in [6.45, 7) is 5.31. The summed E-state index contributed by atoms with van der Waals surface area (Å²) in [6, 6.07) is 7.04. The number of rotatable bonds is 6. The van der Waals surface area contributed by atoms with E-state index in [2.05, 4.69) is 20.4 Å². The molecular weight excluding hydrogens is 471 g/mol. The minimum Gasteiger partial charge on any atom is -0.462 e. The number of carbonyl (C=O) groups excluding carboxylic acids is 2. The van der Waals surface area contributed by atoms with Gasteiger partial charge in [-0.25, -0.2) is 14.3 Å². The number of amides is 1. The Morgan fingerprint density at radius 2 is 1.94 bits per heavy atom. The Morgan fingerprint density at radius 3 is 2.65 bits per heavy atom. The molecule has 178 valence electrons. The van der Waals surface area contributed by atoms with Crippen molar-refractivity contribution in [2.45, 2.75) is 39.8 Å². The Morgan fingerprint density at radius 1 is 1.18 bits per heavy atom. The van der Waals surface area contributed by atoms with E-state index < -0.39 is 12.0 Å². The van der Waals surface area contributed by atoms with E-state index in [0.717, 1.165) is 14.6 Å². The first-order valence-corrected chi connectivity index (χ1v) is 11.2. The molecule has 0 radical (unpaired) electrons. The molecule has 12 heteroatoms. The number of nitrogens with zero attached hydrogens (tertiary/aromatic N) is 4. The van der Waals surface area contributed by atoms with E-state index >= 15 is 0 Å². The lowest BCUT2D eigenvalue weighted by Gasteiger charge is -2.10. The van der Waals surface area contributed by atoms with Gasteiger partial charge < -0.3 is 10.1 Å². The van der Waals surface area contributed by atoms with Crippen LogP contribution in [0.2, 0.25) is 0 Å². The molecule has 0 saturated carbocycles. The molecule has 0 atom stereocenters. The van der Waals surface area contributed by atoms with Gasteiger partial charge in [0, 0.05) is 28.2 Å². The smallest absolute Gasteiger partial charge is 0.453 e. The fraction of sp³-hybridized carbons (Fsp3) is 0.318. The Bertz CT molecular complexity index is 1410. The molecule has 1 aromatic carbocycles. The first-order chi connectivity index (χ1) is 16.1. The molecule has 34 heavy (non-hydrogen) atoms. The molecule has 3 aromatic heterocycles. The Kier molecular flexibility index (Phi) is 6.26. The number of hydrogen-bond acceptors (Lipinski definition) is 7. The first-order valence-electron chi connectivity index (χ1n) is 10.4. The minimum atomic E-state index is -4.67. The van der Waals surface area contributed by atoms with Crippen LogP contribution in [0.1, 0.15) is 45.8 Å². The number of thiophene rings is 1. The Hall–Kier alpha value is -3.54. The van der Waals surface area contributed by atoms with Crippen LogP contribution in [0.5, 0.6) is 0 Å². The lowest BCUT2D eigenvalue weighted by atomic mass is 10.1. The van der Waals surface area contributed by atoms with Gasteiger partial charge in [0.15, 0.2) is 0 Å². The average molecular weight is 491 g/mol. The van der Waals surface area contributed by atoms with Crippen molar-refractivity contribution >= 4 is 44.8 Å². The summed E-state index contributed by atoms with van der Waals surface area (Å²) >= 11 is 1.31. The van der Waals surface area contributed by atoms with Gasteiger partial charge in [0.25, 0.3) is 11.6 Å². The van der Waals surface area contributed by atoms with Crippen LogP contribution >= 0.6 is 11.3 Å². The van der Waals surface area contributed by atoms with Crippen LogP contribution in [-0.2, 0) is 22.1 Å². The number of anilines is 1. The van der Waals surface area contributed by atoms with E-state index in [4.69, 9.17) is 4.74 Å². The van der Waals surface area contributed by atoms with Crippen molar-refractivity contribution in [2.24, 2.45) is 0 Å². The van der Waals surface area contributed by atoms with Gasteiger partial charge in [0.1, 0.15) is 4.88 Å². The molecule has 0 aliphatic carbocycles. The van der Waals surface area contributed by atoms with Crippen molar-refractivity contribution in [3.63, 3.8) is 0 Å². The third kappa shape index (κ3) is 4.72. The van der Waals surface area contributed by atoms with Crippen molar-refractivity contribution < 1.29 is 27.5 Å². The topological polar surface area (TPSA) is 98.5 Å². The highest BCUT2D eigenvalue weighted by molar-refractivity contribution is 7.20. The Labute approximate surface area is 195 Å². The Balaban J connectivity index is 1.47. The number of hydrogen-bond donors (Lipinski definition) is 1. The van der Waals surface area contributed by atoms with Crippen LogP contribution in [0.15, 0.2) is 24.3 Å². The maximum atomic E-state index is 13.0. The summed E-state index contributed by atoms with van der Waals surface area (Å²) in [5.74, 6) is -2.05. The molecule has 0 unspecified atom stereocenters. The van der Waals surface area contributed by atoms with E-state index in [1.165, 1.54) is 11.3 Å². The van der Waals surface area contributed by atoms with E-state index in [9.17, 15) is 22.8 Å². The van der Waals surface area contributed by atoms with Gasteiger partial charge in [-0.2, -0.15) is 18.2 Å². The standard InChI is InChI=1S/C22H20F3N5O3S/c1-4-33-19(32)17-10-13-9-14(5-7-16(13)34-17)27-18(31)8-6-15-11(2)26-21-28-20(22(23,24)25)29-30(21)12(15)3/h5,7,9-10H,4,6,8H2,1-3H3,(H,27,31). The SMILES string of the molecule is CCOC(=O)c1cc2cc(NC(=O)CCc3c(C)nc4nc(C(F)(F)F)nn4c3C)ccc2s1. The summed E-state index contributed by atoms with van der Waals surface area (Å²) in [5, 5.41) is 7.14. The predicted octanol–water partition coefficient (Wildman–Crippen LogP) is 4.72. The molecule has 0 aliphatic heterocycles. The summed E-state index contributed by atoms with van der Waals surface area (Å²) in [4.78, 5) is 32.5. The highest BCUT2D eigenvalue weighted by Gasteiger charge is 2.37. The maximum absolute atomic E-state index is 13.0. The van der Waals surface area contributed by atoms with Crippen LogP contribution in [-0.4, -0.2) is 38.1 Å². The molecule has 8 nitrogen and oxygen atoms in total. The normalized spacial score (nSPS) is 11.8. The largest absolute Gasteiger partial charge is 0.462 e. The lowest BCUT2D eigenvalue weighted by Crippen LogP contribution is -2.14. The second kappa shape index (κ2) is 9.01. The zero-order chi connectivity index (χ0) is 24.6. The van der Waals surface area contributed by atoms with Crippen LogP contribution in [0, 0.1) is 13.8 Å². The van der Waals surface area contributed by atoms with Crippen molar-refractivity contribution in [3.8, 4) is 0 Å². The van der Waals surface area contributed by atoms with E-state index in [0.29, 0.717) is 27.5 Å². The molecule has 0 fully saturated rings. The fourth-order valence-corrected chi connectivity index (χ4v) is 4.51. The quantitative estimate of drug-likeness (QED) is 0.392. The predicted molar refractivity (Wildman–Crippen MR) is 120 cm³/mol. The van der Waals surface area contributed by atoms with E-state index in [1.807, 2.05) is 6.07 Å². The van der Waals surface area contributed by atoms with Gasteiger partial charge in [0.2, 0.25) is 5.91 Å². The van der Waals surface area contributed by atoms with E-state index in [1.54, 1.807) is 39.0 Å². The highest BCUT2D eigenvalue weighted by atomic mass is 32.1. The number of aromatic nitrogens is 4. The summed E-state index contributed by atoms with van der Waals surface area (Å²) in [6.07, 6.45) is -4.32. The van der Waals surface area contributed by atoms with Crippen LogP contribution in [0.4, 0.5) is 18.9 Å². The van der Waals surface area contributed by atoms with Crippen molar-refractivity contribution in [2.75, 3.05) is 11.9 Å². The van der Waals surface area contributed by atoms with Gasteiger partial charge in [0.05, 0.1) is 6.61 Å². The number of halogens is 3.